The van der Waals surface area contributed by atoms with E-state index in [9.17, 15) is 0 Å². The van der Waals surface area contributed by atoms with Gasteiger partial charge in [-0.2, -0.15) is 4.68 Å². The van der Waals surface area contributed by atoms with E-state index in [1.54, 1.807) is 16.4 Å². The average molecular weight is 306 g/mol. The predicted molar refractivity (Wildman–Crippen MR) is 79.4 cm³/mol. The van der Waals surface area contributed by atoms with Crippen molar-refractivity contribution in [2.24, 2.45) is 0 Å². The van der Waals surface area contributed by atoms with Crippen molar-refractivity contribution in [1.29, 1.82) is 0 Å². The molecule has 21 heavy (non-hydrogen) atoms. The molecule has 1 aliphatic rings. The molecule has 2 aromatic rings. The van der Waals surface area contributed by atoms with Crippen LogP contribution in [-0.4, -0.2) is 44.5 Å². The standard InChI is InChI=1S/C14H18N4O2S/c1-14(2)19-10-12(20-14)8-9-21-13-15-16-17-18(13)11-6-4-3-5-7-11/h3-7,12H,8-10H2,1-2H3/t12-/m0/s1. The molecule has 0 amide bonds. The first-order chi connectivity index (χ1) is 10.1. The van der Waals surface area contributed by atoms with Gasteiger partial charge >= 0.3 is 0 Å². The molecule has 0 aliphatic carbocycles. The third-order valence-corrected chi connectivity index (χ3v) is 4.13. The van der Waals surface area contributed by atoms with Crippen LogP contribution in [0, 0.1) is 0 Å². The summed E-state index contributed by atoms with van der Waals surface area (Å²) in [5.41, 5.74) is 0.964. The summed E-state index contributed by atoms with van der Waals surface area (Å²) in [6.07, 6.45) is 1.06. The summed E-state index contributed by atoms with van der Waals surface area (Å²) in [6.45, 7) is 4.53. The van der Waals surface area contributed by atoms with Crippen molar-refractivity contribution < 1.29 is 9.47 Å². The average Bonchev–Trinajstić information content (AvgIpc) is 3.06. The summed E-state index contributed by atoms with van der Waals surface area (Å²) < 4.78 is 13.1. The van der Waals surface area contributed by atoms with Crippen LogP contribution in [0.5, 0.6) is 0 Å². The molecule has 2 heterocycles. The van der Waals surface area contributed by atoms with Crippen LogP contribution >= 0.6 is 11.8 Å². The minimum absolute atomic E-state index is 0.147. The molecule has 6 nitrogen and oxygen atoms in total. The smallest absolute Gasteiger partial charge is 0.214 e. The van der Waals surface area contributed by atoms with Gasteiger partial charge in [-0.3, -0.25) is 0 Å². The first-order valence-electron chi connectivity index (χ1n) is 6.92. The van der Waals surface area contributed by atoms with Crippen LogP contribution in [0.25, 0.3) is 5.69 Å². The SMILES string of the molecule is CC1(C)OC[C@H](CCSc2nnnn2-c2ccccc2)O1. The summed E-state index contributed by atoms with van der Waals surface area (Å²) in [5, 5.41) is 12.7. The molecule has 1 aliphatic heterocycles. The van der Waals surface area contributed by atoms with Crippen LogP contribution in [0.4, 0.5) is 0 Å². The van der Waals surface area contributed by atoms with E-state index in [0.29, 0.717) is 6.61 Å². The molecular weight excluding hydrogens is 288 g/mol. The van der Waals surface area contributed by atoms with Crippen molar-refractivity contribution in [3.8, 4) is 5.69 Å². The first kappa shape index (κ1) is 14.5. The van der Waals surface area contributed by atoms with Gasteiger partial charge < -0.3 is 9.47 Å². The van der Waals surface area contributed by atoms with Crippen molar-refractivity contribution >= 4 is 11.8 Å². The molecule has 1 atom stereocenters. The summed E-state index contributed by atoms with van der Waals surface area (Å²) in [7, 11) is 0. The fraction of sp³-hybridized carbons (Fsp3) is 0.500. The molecule has 0 bridgehead atoms. The fourth-order valence-corrected chi connectivity index (χ4v) is 3.11. The third-order valence-electron chi connectivity index (χ3n) is 3.18. The van der Waals surface area contributed by atoms with Gasteiger partial charge in [0.2, 0.25) is 5.16 Å². The van der Waals surface area contributed by atoms with E-state index in [1.165, 1.54) is 0 Å². The van der Waals surface area contributed by atoms with Crippen LogP contribution in [0.1, 0.15) is 20.3 Å². The van der Waals surface area contributed by atoms with Gasteiger partial charge in [0.25, 0.3) is 0 Å². The third kappa shape index (κ3) is 3.61. The molecule has 0 saturated carbocycles. The lowest BCUT2D eigenvalue weighted by Gasteiger charge is -2.16. The Morgan fingerprint density at radius 2 is 2.14 bits per heavy atom. The molecule has 1 fully saturated rings. The van der Waals surface area contributed by atoms with Gasteiger partial charge in [-0.25, -0.2) is 0 Å². The molecule has 0 spiro atoms. The van der Waals surface area contributed by atoms with Crippen molar-refractivity contribution in [3.63, 3.8) is 0 Å². The highest BCUT2D eigenvalue weighted by Gasteiger charge is 2.32. The normalized spacial score (nSPS) is 20.8. The van der Waals surface area contributed by atoms with Crippen molar-refractivity contribution in [3.05, 3.63) is 30.3 Å². The number of tetrazole rings is 1. The van der Waals surface area contributed by atoms with Crippen LogP contribution < -0.4 is 0 Å². The molecule has 1 aromatic carbocycles. The van der Waals surface area contributed by atoms with E-state index in [0.717, 1.165) is 23.0 Å². The number of benzene rings is 1. The van der Waals surface area contributed by atoms with Crippen LogP contribution in [0.3, 0.4) is 0 Å². The number of aromatic nitrogens is 4. The second-order valence-corrected chi connectivity index (χ2v) is 6.36. The van der Waals surface area contributed by atoms with E-state index in [4.69, 9.17) is 9.47 Å². The Labute approximate surface area is 127 Å². The molecule has 0 radical (unpaired) electrons. The Morgan fingerprint density at radius 3 is 2.86 bits per heavy atom. The van der Waals surface area contributed by atoms with Crippen LogP contribution in [0.2, 0.25) is 0 Å². The molecule has 112 valence electrons. The highest BCUT2D eigenvalue weighted by molar-refractivity contribution is 7.99. The number of thioether (sulfide) groups is 1. The minimum atomic E-state index is -0.457. The Bertz CT molecular complexity index is 588. The van der Waals surface area contributed by atoms with Gasteiger partial charge in [0.15, 0.2) is 5.79 Å². The van der Waals surface area contributed by atoms with Crippen molar-refractivity contribution in [2.75, 3.05) is 12.4 Å². The number of hydrogen-bond donors (Lipinski definition) is 0. The molecule has 3 rings (SSSR count). The van der Waals surface area contributed by atoms with Crippen LogP contribution in [-0.2, 0) is 9.47 Å². The summed E-state index contributed by atoms with van der Waals surface area (Å²) in [6, 6.07) is 9.88. The van der Waals surface area contributed by atoms with Gasteiger partial charge in [0.05, 0.1) is 18.4 Å². The molecule has 1 saturated heterocycles. The van der Waals surface area contributed by atoms with Crippen molar-refractivity contribution in [1.82, 2.24) is 20.2 Å². The number of ether oxygens (including phenoxy) is 2. The maximum absolute atomic E-state index is 5.79. The highest BCUT2D eigenvalue weighted by Crippen LogP contribution is 2.26. The molecular formula is C14H18N4O2S. The van der Waals surface area contributed by atoms with Crippen molar-refractivity contribution in [2.45, 2.75) is 37.3 Å². The summed E-state index contributed by atoms with van der Waals surface area (Å²) in [4.78, 5) is 0. The maximum Gasteiger partial charge on any atom is 0.214 e. The Hall–Kier alpha value is -1.44. The second-order valence-electron chi connectivity index (χ2n) is 5.30. The predicted octanol–water partition coefficient (Wildman–Crippen LogP) is 2.30. The number of nitrogens with zero attached hydrogens (tertiary/aromatic N) is 4. The minimum Gasteiger partial charge on any atom is -0.348 e. The zero-order valence-electron chi connectivity index (χ0n) is 12.1. The number of rotatable bonds is 5. The summed E-state index contributed by atoms with van der Waals surface area (Å²) in [5.74, 6) is 0.429. The lowest BCUT2D eigenvalue weighted by Crippen LogP contribution is -2.21. The quantitative estimate of drug-likeness (QED) is 0.790. The van der Waals surface area contributed by atoms with E-state index in [1.807, 2.05) is 44.2 Å². The summed E-state index contributed by atoms with van der Waals surface area (Å²) >= 11 is 1.63. The Morgan fingerprint density at radius 1 is 1.33 bits per heavy atom. The van der Waals surface area contributed by atoms with Gasteiger partial charge in [0.1, 0.15) is 0 Å². The van der Waals surface area contributed by atoms with Gasteiger partial charge in [-0.15, -0.1) is 5.10 Å². The molecule has 1 aromatic heterocycles. The highest BCUT2D eigenvalue weighted by atomic mass is 32.2. The molecule has 7 heteroatoms. The zero-order chi connectivity index (χ0) is 14.7. The van der Waals surface area contributed by atoms with Gasteiger partial charge in [-0.05, 0) is 42.8 Å². The second kappa shape index (κ2) is 6.13. The lowest BCUT2D eigenvalue weighted by molar-refractivity contribution is -0.138. The van der Waals surface area contributed by atoms with E-state index in [-0.39, 0.29) is 6.10 Å². The zero-order valence-corrected chi connectivity index (χ0v) is 12.9. The Kier molecular flexibility index (Phi) is 4.23. The van der Waals surface area contributed by atoms with Gasteiger partial charge in [-0.1, -0.05) is 30.0 Å². The largest absolute Gasteiger partial charge is 0.348 e. The monoisotopic (exact) mass is 306 g/mol. The van der Waals surface area contributed by atoms with E-state index >= 15 is 0 Å². The molecule has 0 N–H and O–H groups in total. The van der Waals surface area contributed by atoms with Gasteiger partial charge in [0, 0.05) is 5.75 Å². The lowest BCUT2D eigenvalue weighted by atomic mass is 10.3. The number of hydrogen-bond acceptors (Lipinski definition) is 6. The van der Waals surface area contributed by atoms with Crippen LogP contribution in [0.15, 0.2) is 35.5 Å². The molecule has 0 unspecified atom stereocenters. The first-order valence-corrected chi connectivity index (χ1v) is 7.91. The van der Waals surface area contributed by atoms with E-state index in [2.05, 4.69) is 15.5 Å². The topological polar surface area (TPSA) is 62.1 Å². The van der Waals surface area contributed by atoms with E-state index < -0.39 is 5.79 Å². The fourth-order valence-electron chi connectivity index (χ4n) is 2.19. The Balaban J connectivity index is 1.56. The number of para-hydroxylation sites is 1. The maximum atomic E-state index is 5.79.